The van der Waals surface area contributed by atoms with E-state index in [0.717, 1.165) is 15.8 Å². The molecular formula is C14H14N2O2S. The topological polar surface area (TPSA) is 55.6 Å². The van der Waals surface area contributed by atoms with E-state index in [0.29, 0.717) is 10.6 Å². The Morgan fingerprint density at radius 3 is 2.95 bits per heavy atom. The molecule has 1 amide bonds. The molecule has 2 aromatic rings. The van der Waals surface area contributed by atoms with E-state index in [-0.39, 0.29) is 12.5 Å². The predicted molar refractivity (Wildman–Crippen MR) is 78.6 cm³/mol. The van der Waals surface area contributed by atoms with Crippen molar-refractivity contribution in [2.24, 2.45) is 0 Å². The molecule has 19 heavy (non-hydrogen) atoms. The van der Waals surface area contributed by atoms with Crippen LogP contribution in [-0.4, -0.2) is 31.5 Å². The number of nitrogens with zero attached hydrogens (tertiary/aromatic N) is 1. The molecule has 98 valence electrons. The maximum absolute atomic E-state index is 12.2. The Morgan fingerprint density at radius 2 is 2.32 bits per heavy atom. The maximum Gasteiger partial charge on any atom is 0.266 e. The normalized spacial score (nSPS) is 10.2. The highest BCUT2D eigenvalue weighted by molar-refractivity contribution is 7.21. The van der Waals surface area contributed by atoms with Crippen molar-refractivity contribution in [2.75, 3.05) is 26.4 Å². The third-order valence-corrected chi connectivity index (χ3v) is 3.96. The molecule has 0 aliphatic carbocycles. The monoisotopic (exact) mass is 274 g/mol. The number of ether oxygens (including phenoxy) is 1. The molecule has 0 saturated carbocycles. The highest BCUT2D eigenvalue weighted by atomic mass is 32.1. The van der Waals surface area contributed by atoms with Crippen molar-refractivity contribution < 1.29 is 9.53 Å². The molecule has 1 heterocycles. The van der Waals surface area contributed by atoms with Crippen molar-refractivity contribution in [3.63, 3.8) is 0 Å². The second-order valence-electron chi connectivity index (χ2n) is 4.07. The molecule has 1 aromatic carbocycles. The van der Waals surface area contributed by atoms with Crippen molar-refractivity contribution >= 4 is 33.0 Å². The van der Waals surface area contributed by atoms with E-state index in [1.165, 1.54) is 16.2 Å². The number of rotatable bonds is 3. The number of nitrogens with two attached hydrogens (primary N) is 1. The van der Waals surface area contributed by atoms with Crippen LogP contribution in [0.2, 0.25) is 0 Å². The summed E-state index contributed by atoms with van der Waals surface area (Å²) in [6, 6.07) is 5.55. The summed E-state index contributed by atoms with van der Waals surface area (Å²) in [6.45, 7) is 0.260. The van der Waals surface area contributed by atoms with Crippen LogP contribution in [0.15, 0.2) is 18.2 Å². The van der Waals surface area contributed by atoms with Gasteiger partial charge in [-0.2, -0.15) is 0 Å². The minimum atomic E-state index is -0.157. The number of hydrogen-bond acceptors (Lipinski definition) is 4. The summed E-state index contributed by atoms with van der Waals surface area (Å²) in [4.78, 5) is 14.2. The summed E-state index contributed by atoms with van der Waals surface area (Å²) in [7, 11) is 3.26. The van der Waals surface area contributed by atoms with Gasteiger partial charge in [-0.05, 0) is 18.2 Å². The molecular weight excluding hydrogens is 260 g/mol. The van der Waals surface area contributed by atoms with Crippen molar-refractivity contribution in [3.05, 3.63) is 23.1 Å². The summed E-state index contributed by atoms with van der Waals surface area (Å²) >= 11 is 1.35. The Bertz CT molecular complexity index is 670. The van der Waals surface area contributed by atoms with Crippen LogP contribution in [0.3, 0.4) is 0 Å². The van der Waals surface area contributed by atoms with Crippen LogP contribution >= 0.6 is 11.3 Å². The van der Waals surface area contributed by atoms with Gasteiger partial charge in [-0.3, -0.25) is 4.79 Å². The fourth-order valence-electron chi connectivity index (χ4n) is 1.76. The fourth-order valence-corrected chi connectivity index (χ4v) is 2.91. The van der Waals surface area contributed by atoms with Crippen molar-refractivity contribution in [3.8, 4) is 18.1 Å². The quantitative estimate of drug-likeness (QED) is 0.873. The highest BCUT2D eigenvalue weighted by Crippen LogP contribution is 2.36. The standard InChI is InChI=1S/C14H14N2O2S/c1-4-7-16(2)14(17)13-12(15)10-6-5-9(18-3)8-11(10)19-13/h1,5-6,8H,7,15H2,2-3H3. The number of hydrogen-bond donors (Lipinski definition) is 1. The molecule has 0 aliphatic heterocycles. The average molecular weight is 274 g/mol. The van der Waals surface area contributed by atoms with Crippen LogP contribution in [0, 0.1) is 12.3 Å². The van der Waals surface area contributed by atoms with Crippen LogP contribution in [0.25, 0.3) is 10.1 Å². The lowest BCUT2D eigenvalue weighted by Crippen LogP contribution is -2.26. The maximum atomic E-state index is 12.2. The van der Waals surface area contributed by atoms with Crippen LogP contribution in [-0.2, 0) is 0 Å². The van der Waals surface area contributed by atoms with E-state index in [1.54, 1.807) is 14.2 Å². The summed E-state index contributed by atoms with van der Waals surface area (Å²) < 4.78 is 6.09. The number of terminal acetylenes is 1. The number of thiophene rings is 1. The first-order valence-corrected chi connectivity index (χ1v) is 6.45. The van der Waals surface area contributed by atoms with Gasteiger partial charge in [-0.1, -0.05) is 5.92 Å². The molecule has 0 bridgehead atoms. The van der Waals surface area contributed by atoms with Crippen molar-refractivity contribution in [1.29, 1.82) is 0 Å². The lowest BCUT2D eigenvalue weighted by atomic mass is 10.2. The number of fused-ring (bicyclic) bond motifs is 1. The van der Waals surface area contributed by atoms with Gasteiger partial charge in [0.15, 0.2) is 0 Å². The van der Waals surface area contributed by atoms with E-state index >= 15 is 0 Å². The Balaban J connectivity index is 2.48. The summed E-state index contributed by atoms with van der Waals surface area (Å²) in [5.74, 6) is 3.02. The summed E-state index contributed by atoms with van der Waals surface area (Å²) in [6.07, 6.45) is 5.21. The Labute approximate surface area is 115 Å². The first-order chi connectivity index (χ1) is 9.08. The molecule has 0 radical (unpaired) electrons. The van der Waals surface area contributed by atoms with E-state index in [1.807, 2.05) is 18.2 Å². The molecule has 0 aliphatic rings. The third kappa shape index (κ3) is 2.35. The number of nitrogen functional groups attached to an aromatic ring is 1. The van der Waals surface area contributed by atoms with Crippen LogP contribution < -0.4 is 10.5 Å². The average Bonchev–Trinajstić information content (AvgIpc) is 2.74. The molecule has 1 aromatic heterocycles. The molecule has 0 spiro atoms. The number of amides is 1. The van der Waals surface area contributed by atoms with Gasteiger partial charge in [-0.25, -0.2) is 0 Å². The first kappa shape index (κ1) is 13.2. The zero-order chi connectivity index (χ0) is 14.0. The SMILES string of the molecule is C#CCN(C)C(=O)c1sc2cc(OC)ccc2c1N. The molecule has 0 unspecified atom stereocenters. The summed E-state index contributed by atoms with van der Waals surface area (Å²) in [5, 5.41) is 0.864. The van der Waals surface area contributed by atoms with E-state index < -0.39 is 0 Å². The zero-order valence-electron chi connectivity index (χ0n) is 10.8. The number of carbonyl (C=O) groups excluding carboxylic acids is 1. The van der Waals surface area contributed by atoms with Crippen LogP contribution in [0.4, 0.5) is 5.69 Å². The van der Waals surface area contributed by atoms with E-state index in [9.17, 15) is 4.79 Å². The predicted octanol–water partition coefficient (Wildman–Crippen LogP) is 2.20. The van der Waals surface area contributed by atoms with Gasteiger partial charge in [0.25, 0.3) is 5.91 Å². The molecule has 2 N–H and O–H groups in total. The van der Waals surface area contributed by atoms with Gasteiger partial charge >= 0.3 is 0 Å². The van der Waals surface area contributed by atoms with Gasteiger partial charge in [0.2, 0.25) is 0 Å². The fraction of sp³-hybridized carbons (Fsp3) is 0.214. The molecule has 2 rings (SSSR count). The van der Waals surface area contributed by atoms with Crippen molar-refractivity contribution in [2.45, 2.75) is 0 Å². The van der Waals surface area contributed by atoms with Gasteiger partial charge in [0.1, 0.15) is 10.6 Å². The van der Waals surface area contributed by atoms with E-state index in [4.69, 9.17) is 16.9 Å². The van der Waals surface area contributed by atoms with Crippen LogP contribution in [0.1, 0.15) is 9.67 Å². The molecule has 4 nitrogen and oxygen atoms in total. The first-order valence-electron chi connectivity index (χ1n) is 5.63. The molecule has 0 saturated heterocycles. The van der Waals surface area contributed by atoms with Gasteiger partial charge in [0, 0.05) is 17.1 Å². The minimum absolute atomic E-state index is 0.157. The van der Waals surface area contributed by atoms with Gasteiger partial charge in [0.05, 0.1) is 19.3 Å². The van der Waals surface area contributed by atoms with E-state index in [2.05, 4.69) is 5.92 Å². The summed E-state index contributed by atoms with van der Waals surface area (Å²) in [5.41, 5.74) is 6.53. The molecule has 5 heteroatoms. The zero-order valence-corrected chi connectivity index (χ0v) is 11.6. The smallest absolute Gasteiger partial charge is 0.266 e. The Hall–Kier alpha value is -2.19. The minimum Gasteiger partial charge on any atom is -0.497 e. The number of benzene rings is 1. The van der Waals surface area contributed by atoms with Gasteiger partial charge in [-0.15, -0.1) is 17.8 Å². The number of carbonyl (C=O) groups is 1. The number of anilines is 1. The second-order valence-corrected chi connectivity index (χ2v) is 5.12. The highest BCUT2D eigenvalue weighted by Gasteiger charge is 2.19. The van der Waals surface area contributed by atoms with Crippen molar-refractivity contribution in [1.82, 2.24) is 4.90 Å². The lowest BCUT2D eigenvalue weighted by molar-refractivity contribution is 0.0818. The largest absolute Gasteiger partial charge is 0.497 e. The number of methoxy groups -OCH3 is 1. The van der Waals surface area contributed by atoms with Crippen LogP contribution in [0.5, 0.6) is 5.75 Å². The lowest BCUT2D eigenvalue weighted by Gasteiger charge is -2.12. The molecule has 0 atom stereocenters. The molecule has 0 fully saturated rings. The van der Waals surface area contributed by atoms with Gasteiger partial charge < -0.3 is 15.4 Å². The Kier molecular flexibility index (Phi) is 3.63. The third-order valence-electron chi connectivity index (χ3n) is 2.80. The second kappa shape index (κ2) is 5.21. The Morgan fingerprint density at radius 1 is 1.58 bits per heavy atom.